The van der Waals surface area contributed by atoms with Crippen LogP contribution in [0.15, 0.2) is 66.7 Å². The van der Waals surface area contributed by atoms with E-state index in [1.807, 2.05) is 0 Å². The van der Waals surface area contributed by atoms with Crippen LogP contribution >= 0.6 is 0 Å². The monoisotopic (exact) mass is 415 g/mol. The van der Waals surface area contributed by atoms with Crippen molar-refractivity contribution in [2.45, 2.75) is 19.4 Å². The van der Waals surface area contributed by atoms with E-state index >= 15 is 0 Å². The Morgan fingerprint density at radius 3 is 2.03 bits per heavy atom. The van der Waals surface area contributed by atoms with Crippen LogP contribution in [0.3, 0.4) is 0 Å². The van der Waals surface area contributed by atoms with Gasteiger partial charge in [-0.2, -0.15) is 0 Å². The summed E-state index contributed by atoms with van der Waals surface area (Å²) >= 11 is 0. The molecule has 2 amide bonds. The molecule has 5 atom stereocenters. The SMILES string of the molecule is CC(OC(=O)c1ccc(N2C(=O)C3C4C=CC(C4)C3C2=O)cc1)C(=O)c1ccccc1. The minimum atomic E-state index is -0.932. The fraction of sp³-hybridized carbons (Fsp3) is 0.280. The molecule has 1 saturated carbocycles. The lowest BCUT2D eigenvalue weighted by Gasteiger charge is -2.18. The quantitative estimate of drug-likeness (QED) is 0.324. The molecule has 2 aliphatic carbocycles. The number of imide groups is 1. The number of carbonyl (C=O) groups is 4. The van der Waals surface area contributed by atoms with E-state index in [-0.39, 0.29) is 46.8 Å². The van der Waals surface area contributed by atoms with Crippen molar-refractivity contribution < 1.29 is 23.9 Å². The average molecular weight is 415 g/mol. The third-order valence-electron chi connectivity index (χ3n) is 6.54. The molecule has 5 unspecified atom stereocenters. The Hall–Kier alpha value is -3.54. The van der Waals surface area contributed by atoms with E-state index < -0.39 is 12.1 Å². The summed E-state index contributed by atoms with van der Waals surface area (Å²) < 4.78 is 5.31. The topological polar surface area (TPSA) is 80.8 Å². The first-order valence-electron chi connectivity index (χ1n) is 10.4. The van der Waals surface area contributed by atoms with Gasteiger partial charge >= 0.3 is 5.97 Å². The highest BCUT2D eigenvalue weighted by Gasteiger charge is 2.59. The van der Waals surface area contributed by atoms with Crippen molar-refractivity contribution in [2.75, 3.05) is 4.90 Å². The third kappa shape index (κ3) is 3.10. The number of rotatable bonds is 5. The lowest BCUT2D eigenvalue weighted by molar-refractivity contribution is -0.123. The van der Waals surface area contributed by atoms with Gasteiger partial charge in [-0.1, -0.05) is 42.5 Å². The van der Waals surface area contributed by atoms with Crippen molar-refractivity contribution in [3.63, 3.8) is 0 Å². The van der Waals surface area contributed by atoms with E-state index in [2.05, 4.69) is 12.2 Å². The van der Waals surface area contributed by atoms with E-state index in [9.17, 15) is 19.2 Å². The van der Waals surface area contributed by atoms with Crippen molar-refractivity contribution in [2.24, 2.45) is 23.7 Å². The van der Waals surface area contributed by atoms with E-state index in [4.69, 9.17) is 4.74 Å². The zero-order valence-electron chi connectivity index (χ0n) is 16.9. The zero-order valence-corrected chi connectivity index (χ0v) is 16.9. The second-order valence-corrected chi connectivity index (χ2v) is 8.34. The number of Topliss-reactive ketones (excluding diaryl/α,β-unsaturated/α-hetero) is 1. The molecular weight excluding hydrogens is 394 g/mol. The second-order valence-electron chi connectivity index (χ2n) is 8.34. The van der Waals surface area contributed by atoms with Gasteiger partial charge < -0.3 is 4.74 Å². The Morgan fingerprint density at radius 1 is 0.871 bits per heavy atom. The van der Waals surface area contributed by atoms with Gasteiger partial charge in [-0.25, -0.2) is 4.79 Å². The van der Waals surface area contributed by atoms with Crippen LogP contribution in [0.2, 0.25) is 0 Å². The van der Waals surface area contributed by atoms with Gasteiger partial charge in [0.25, 0.3) is 0 Å². The zero-order chi connectivity index (χ0) is 21.7. The molecule has 1 heterocycles. The summed E-state index contributed by atoms with van der Waals surface area (Å²) in [5, 5.41) is 0. The number of fused-ring (bicyclic) bond motifs is 5. The molecule has 0 radical (unpaired) electrons. The van der Waals surface area contributed by atoms with Gasteiger partial charge in [0.05, 0.1) is 23.1 Å². The fourth-order valence-electron chi connectivity index (χ4n) is 5.02. The maximum atomic E-state index is 12.9. The van der Waals surface area contributed by atoms with Crippen molar-refractivity contribution in [1.82, 2.24) is 0 Å². The van der Waals surface area contributed by atoms with Crippen LogP contribution in [-0.2, 0) is 14.3 Å². The predicted octanol–water partition coefficient (Wildman–Crippen LogP) is 3.43. The number of allylic oxidation sites excluding steroid dienone is 2. The molecule has 6 nitrogen and oxygen atoms in total. The molecule has 2 aromatic carbocycles. The van der Waals surface area contributed by atoms with Crippen LogP contribution in [0.1, 0.15) is 34.1 Å². The normalized spacial score (nSPS) is 26.8. The van der Waals surface area contributed by atoms with Gasteiger partial charge in [0.2, 0.25) is 17.6 Å². The van der Waals surface area contributed by atoms with E-state index in [0.29, 0.717) is 11.3 Å². The summed E-state index contributed by atoms with van der Waals surface area (Å²) in [6, 6.07) is 14.8. The summed E-state index contributed by atoms with van der Waals surface area (Å²) in [6.07, 6.45) is 4.05. The molecule has 6 heteroatoms. The molecule has 31 heavy (non-hydrogen) atoms. The Bertz CT molecular complexity index is 1070. The van der Waals surface area contributed by atoms with Crippen molar-refractivity contribution in [3.8, 4) is 0 Å². The number of hydrogen-bond acceptors (Lipinski definition) is 5. The van der Waals surface area contributed by atoms with Gasteiger partial charge in [0, 0.05) is 5.56 Å². The molecule has 3 aliphatic rings. The van der Waals surface area contributed by atoms with Gasteiger partial charge in [0.15, 0.2) is 6.10 Å². The van der Waals surface area contributed by atoms with E-state index in [1.54, 1.807) is 42.5 Å². The number of nitrogens with zero attached hydrogens (tertiary/aromatic N) is 1. The highest BCUT2D eigenvalue weighted by Crippen LogP contribution is 2.53. The number of esters is 1. The van der Waals surface area contributed by atoms with Crippen LogP contribution in [0.5, 0.6) is 0 Å². The number of hydrogen-bond donors (Lipinski definition) is 0. The average Bonchev–Trinajstić information content (AvgIpc) is 3.47. The summed E-state index contributed by atoms with van der Waals surface area (Å²) in [5.74, 6) is -1.48. The first-order chi connectivity index (χ1) is 15.0. The van der Waals surface area contributed by atoms with Gasteiger partial charge in [-0.05, 0) is 49.4 Å². The lowest BCUT2D eigenvalue weighted by Crippen LogP contribution is -2.32. The molecule has 2 aromatic rings. The number of ketones is 1. The number of amides is 2. The highest BCUT2D eigenvalue weighted by atomic mass is 16.5. The minimum Gasteiger partial charge on any atom is -0.451 e. The minimum absolute atomic E-state index is 0.148. The van der Waals surface area contributed by atoms with Crippen LogP contribution < -0.4 is 4.90 Å². The molecule has 2 fully saturated rings. The van der Waals surface area contributed by atoms with Crippen LogP contribution in [0.25, 0.3) is 0 Å². The van der Waals surface area contributed by atoms with Gasteiger partial charge in [-0.15, -0.1) is 0 Å². The molecule has 2 bridgehead atoms. The van der Waals surface area contributed by atoms with Crippen molar-refractivity contribution in [3.05, 3.63) is 77.9 Å². The Morgan fingerprint density at radius 2 is 1.45 bits per heavy atom. The van der Waals surface area contributed by atoms with Gasteiger partial charge in [0.1, 0.15) is 0 Å². The molecule has 0 spiro atoms. The highest BCUT2D eigenvalue weighted by molar-refractivity contribution is 6.22. The van der Waals surface area contributed by atoms with Crippen LogP contribution in [-0.4, -0.2) is 29.7 Å². The summed E-state index contributed by atoms with van der Waals surface area (Å²) in [7, 11) is 0. The number of anilines is 1. The van der Waals surface area contributed by atoms with E-state index in [1.165, 1.54) is 24.0 Å². The molecule has 1 aliphatic heterocycles. The predicted molar refractivity (Wildman–Crippen MR) is 112 cm³/mol. The molecule has 156 valence electrons. The standard InChI is InChI=1S/C25H21NO5/c1-14(22(27)15-5-3-2-4-6-15)31-25(30)16-9-11-19(12-10-16)26-23(28)20-17-7-8-18(13-17)21(20)24(26)29/h2-12,14,17-18,20-21H,13H2,1H3. The Balaban J connectivity index is 1.28. The number of benzene rings is 2. The number of ether oxygens (including phenoxy) is 1. The maximum Gasteiger partial charge on any atom is 0.338 e. The van der Waals surface area contributed by atoms with Crippen LogP contribution in [0, 0.1) is 23.7 Å². The molecule has 1 saturated heterocycles. The summed E-state index contributed by atoms with van der Waals surface area (Å²) in [6.45, 7) is 1.53. The number of carbonyl (C=O) groups excluding carboxylic acids is 4. The van der Waals surface area contributed by atoms with Crippen molar-refractivity contribution >= 4 is 29.3 Å². The first-order valence-corrected chi connectivity index (χ1v) is 10.4. The smallest absolute Gasteiger partial charge is 0.338 e. The van der Waals surface area contributed by atoms with Gasteiger partial charge in [-0.3, -0.25) is 19.3 Å². The summed E-state index contributed by atoms with van der Waals surface area (Å²) in [5.41, 5.74) is 1.17. The lowest BCUT2D eigenvalue weighted by atomic mass is 9.85. The Labute approximate surface area is 179 Å². The van der Waals surface area contributed by atoms with Crippen molar-refractivity contribution in [1.29, 1.82) is 0 Å². The summed E-state index contributed by atoms with van der Waals surface area (Å²) in [4.78, 5) is 51.9. The molecule has 0 aromatic heterocycles. The molecule has 0 N–H and O–H groups in total. The van der Waals surface area contributed by atoms with Crippen LogP contribution in [0.4, 0.5) is 5.69 Å². The second kappa shape index (κ2) is 7.30. The van der Waals surface area contributed by atoms with E-state index in [0.717, 1.165) is 6.42 Å². The molecule has 5 rings (SSSR count). The maximum absolute atomic E-state index is 12.9. The molecular formula is C25H21NO5. The first kappa shape index (κ1) is 19.4. The fourth-order valence-corrected chi connectivity index (χ4v) is 5.02. The third-order valence-corrected chi connectivity index (χ3v) is 6.54. The Kier molecular flexibility index (Phi) is 4.58. The largest absolute Gasteiger partial charge is 0.451 e.